The molecule has 2 nitrogen and oxygen atoms in total. The Hall–Kier alpha value is -0.180. The average molecular weight is 203 g/mol. The molecule has 3 heteroatoms. The van der Waals surface area contributed by atoms with Crippen LogP contribution in [0.15, 0.2) is 0 Å². The summed E-state index contributed by atoms with van der Waals surface area (Å²) in [5.41, 5.74) is 0. The van der Waals surface area contributed by atoms with Crippen molar-refractivity contribution in [2.75, 3.05) is 6.61 Å². The van der Waals surface area contributed by atoms with Crippen molar-refractivity contribution in [1.82, 2.24) is 0 Å². The van der Waals surface area contributed by atoms with E-state index >= 15 is 0 Å². The highest BCUT2D eigenvalue weighted by Crippen LogP contribution is 2.14. The van der Waals surface area contributed by atoms with Crippen LogP contribution in [0.5, 0.6) is 0 Å². The average Bonchev–Trinajstić information content (AvgIpc) is 2.02. The zero-order chi connectivity index (χ0) is 10.3. The molecular formula is C10H19O2S. The zero-order valence-corrected chi connectivity index (χ0v) is 9.58. The van der Waals surface area contributed by atoms with E-state index in [1.54, 1.807) is 13.8 Å². The first-order chi connectivity index (χ1) is 5.98. The molecule has 0 aromatic heterocycles. The molecule has 0 saturated carbocycles. The highest BCUT2D eigenvalue weighted by Gasteiger charge is 2.24. The lowest BCUT2D eigenvalue weighted by atomic mass is 10.2. The van der Waals surface area contributed by atoms with Gasteiger partial charge in [-0.3, -0.25) is 4.79 Å². The van der Waals surface area contributed by atoms with Crippen molar-refractivity contribution in [3.05, 3.63) is 0 Å². The third kappa shape index (κ3) is 6.94. The normalized spacial score (nSPS) is 11.4. The molecule has 0 aliphatic carbocycles. The third-order valence-electron chi connectivity index (χ3n) is 1.72. The SMILES string of the molecule is CCCCCCOC(=O)C(C)(C)[S]. The molecular weight excluding hydrogens is 184 g/mol. The number of esters is 1. The van der Waals surface area contributed by atoms with Gasteiger partial charge in [0.1, 0.15) is 4.75 Å². The van der Waals surface area contributed by atoms with E-state index < -0.39 is 4.75 Å². The molecule has 77 valence electrons. The lowest BCUT2D eigenvalue weighted by Crippen LogP contribution is -2.27. The molecule has 0 amide bonds. The van der Waals surface area contributed by atoms with Crippen LogP contribution in [0.2, 0.25) is 0 Å². The predicted octanol–water partition coefficient (Wildman–Crippen LogP) is 3.09. The molecule has 0 rings (SSSR count). The summed E-state index contributed by atoms with van der Waals surface area (Å²) in [5.74, 6) is -0.279. The van der Waals surface area contributed by atoms with Gasteiger partial charge in [0.15, 0.2) is 0 Å². The van der Waals surface area contributed by atoms with Crippen molar-refractivity contribution >= 4 is 18.6 Å². The Kier molecular flexibility index (Phi) is 6.21. The van der Waals surface area contributed by atoms with Gasteiger partial charge < -0.3 is 4.74 Å². The topological polar surface area (TPSA) is 26.3 Å². The van der Waals surface area contributed by atoms with Crippen molar-refractivity contribution in [3.8, 4) is 0 Å². The molecule has 0 saturated heterocycles. The molecule has 0 heterocycles. The summed E-state index contributed by atoms with van der Waals surface area (Å²) in [6, 6.07) is 0. The number of hydrogen-bond acceptors (Lipinski definition) is 2. The van der Waals surface area contributed by atoms with Crippen LogP contribution in [0.4, 0.5) is 0 Å². The quantitative estimate of drug-likeness (QED) is 0.490. The van der Waals surface area contributed by atoms with Crippen molar-refractivity contribution < 1.29 is 9.53 Å². The molecule has 0 aliphatic heterocycles. The molecule has 0 spiro atoms. The Morgan fingerprint density at radius 2 is 1.92 bits per heavy atom. The van der Waals surface area contributed by atoms with E-state index in [4.69, 9.17) is 17.4 Å². The summed E-state index contributed by atoms with van der Waals surface area (Å²) < 4.78 is 4.24. The summed E-state index contributed by atoms with van der Waals surface area (Å²) in [7, 11) is 0. The van der Waals surface area contributed by atoms with Gasteiger partial charge in [-0.25, -0.2) is 0 Å². The lowest BCUT2D eigenvalue weighted by molar-refractivity contribution is -0.145. The van der Waals surface area contributed by atoms with E-state index in [2.05, 4.69) is 6.92 Å². The van der Waals surface area contributed by atoms with Crippen LogP contribution in [0.1, 0.15) is 46.5 Å². The second-order valence-corrected chi connectivity index (χ2v) is 4.73. The Balaban J connectivity index is 3.38. The summed E-state index contributed by atoms with van der Waals surface area (Å²) in [4.78, 5) is 11.2. The minimum absolute atomic E-state index is 0.279. The van der Waals surface area contributed by atoms with Crippen LogP contribution in [0.25, 0.3) is 0 Å². The molecule has 0 aromatic carbocycles. The summed E-state index contributed by atoms with van der Waals surface area (Å²) in [5, 5.41) is 0. The zero-order valence-electron chi connectivity index (χ0n) is 8.76. The van der Waals surface area contributed by atoms with Gasteiger partial charge >= 0.3 is 5.97 Å². The Bertz CT molecular complexity index is 149. The maximum atomic E-state index is 11.2. The van der Waals surface area contributed by atoms with Gasteiger partial charge in [0.2, 0.25) is 0 Å². The fraction of sp³-hybridized carbons (Fsp3) is 0.900. The van der Waals surface area contributed by atoms with Crippen LogP contribution >= 0.6 is 12.6 Å². The van der Waals surface area contributed by atoms with E-state index in [0.29, 0.717) is 6.61 Å². The molecule has 0 unspecified atom stereocenters. The smallest absolute Gasteiger partial charge is 0.322 e. The molecule has 0 atom stereocenters. The van der Waals surface area contributed by atoms with Crippen molar-refractivity contribution in [1.29, 1.82) is 0 Å². The standard InChI is InChI=1S/C10H19O2S/c1-4-5-6-7-8-12-9(11)10(2,3)13/h4-8H2,1-3H3. The number of carbonyl (C=O) groups is 1. The maximum absolute atomic E-state index is 11.2. The number of ether oxygens (including phenoxy) is 1. The van der Waals surface area contributed by atoms with Gasteiger partial charge in [-0.05, 0) is 20.3 Å². The van der Waals surface area contributed by atoms with Crippen LogP contribution in [0.3, 0.4) is 0 Å². The van der Waals surface area contributed by atoms with Crippen molar-refractivity contribution in [2.24, 2.45) is 0 Å². The predicted molar refractivity (Wildman–Crippen MR) is 56.8 cm³/mol. The maximum Gasteiger partial charge on any atom is 0.322 e. The van der Waals surface area contributed by atoms with Crippen LogP contribution in [-0.4, -0.2) is 17.3 Å². The molecule has 0 aliphatic rings. The van der Waals surface area contributed by atoms with Gasteiger partial charge in [-0.1, -0.05) is 38.8 Å². The highest BCUT2D eigenvalue weighted by atomic mass is 32.1. The number of carbonyl (C=O) groups excluding carboxylic acids is 1. The van der Waals surface area contributed by atoms with Gasteiger partial charge in [0, 0.05) is 0 Å². The Morgan fingerprint density at radius 3 is 2.38 bits per heavy atom. The van der Waals surface area contributed by atoms with E-state index in [0.717, 1.165) is 12.8 Å². The molecule has 0 aromatic rings. The van der Waals surface area contributed by atoms with Gasteiger partial charge in [-0.2, -0.15) is 0 Å². The van der Waals surface area contributed by atoms with Gasteiger partial charge in [-0.15, -0.1) is 0 Å². The first kappa shape index (κ1) is 12.8. The number of unbranched alkanes of at least 4 members (excludes halogenated alkanes) is 3. The molecule has 1 radical (unpaired) electrons. The Morgan fingerprint density at radius 1 is 1.31 bits per heavy atom. The molecule has 0 N–H and O–H groups in total. The largest absolute Gasteiger partial charge is 0.465 e. The third-order valence-corrected chi connectivity index (χ3v) is 1.89. The number of hydrogen-bond donors (Lipinski definition) is 0. The van der Waals surface area contributed by atoms with Crippen LogP contribution < -0.4 is 0 Å². The Labute approximate surface area is 86.5 Å². The van der Waals surface area contributed by atoms with Gasteiger partial charge in [0.25, 0.3) is 0 Å². The van der Waals surface area contributed by atoms with E-state index in [9.17, 15) is 4.79 Å². The first-order valence-electron chi connectivity index (χ1n) is 4.86. The van der Waals surface area contributed by atoms with Crippen LogP contribution in [-0.2, 0) is 9.53 Å². The molecule has 0 bridgehead atoms. The lowest BCUT2D eigenvalue weighted by Gasteiger charge is -2.14. The fourth-order valence-electron chi connectivity index (χ4n) is 0.868. The minimum Gasteiger partial charge on any atom is -0.465 e. The van der Waals surface area contributed by atoms with E-state index in [-0.39, 0.29) is 5.97 Å². The summed E-state index contributed by atoms with van der Waals surface area (Å²) >= 11 is 4.93. The fourth-order valence-corrected chi connectivity index (χ4v) is 0.926. The van der Waals surface area contributed by atoms with E-state index in [1.807, 2.05) is 0 Å². The van der Waals surface area contributed by atoms with E-state index in [1.165, 1.54) is 12.8 Å². The van der Waals surface area contributed by atoms with Crippen LogP contribution in [0, 0.1) is 0 Å². The van der Waals surface area contributed by atoms with Gasteiger partial charge in [0.05, 0.1) is 6.61 Å². The monoisotopic (exact) mass is 203 g/mol. The van der Waals surface area contributed by atoms with Crippen molar-refractivity contribution in [2.45, 2.75) is 51.2 Å². The second-order valence-electron chi connectivity index (χ2n) is 3.71. The first-order valence-corrected chi connectivity index (χ1v) is 5.27. The van der Waals surface area contributed by atoms with Crippen molar-refractivity contribution in [3.63, 3.8) is 0 Å². The molecule has 0 fully saturated rings. The second kappa shape index (κ2) is 6.30. The summed E-state index contributed by atoms with van der Waals surface area (Å²) in [6.07, 6.45) is 4.47. The summed E-state index contributed by atoms with van der Waals surface area (Å²) in [6.45, 7) is 6.05. The number of rotatable bonds is 6. The molecule has 13 heavy (non-hydrogen) atoms. The highest BCUT2D eigenvalue weighted by molar-refractivity contribution is 7.82. The minimum atomic E-state index is -0.773.